The molecule has 3 N–H and O–H groups in total. The van der Waals surface area contributed by atoms with Crippen molar-refractivity contribution in [2.45, 2.75) is 37.3 Å². The van der Waals surface area contributed by atoms with Crippen LogP contribution in [0.5, 0.6) is 0 Å². The van der Waals surface area contributed by atoms with Gasteiger partial charge in [0.05, 0.1) is 5.25 Å². The van der Waals surface area contributed by atoms with Crippen LogP contribution in [0.3, 0.4) is 0 Å². The quantitative estimate of drug-likeness (QED) is 0.814. The summed E-state index contributed by atoms with van der Waals surface area (Å²) >= 11 is 1.65. The van der Waals surface area contributed by atoms with Gasteiger partial charge in [-0.1, -0.05) is 30.3 Å². The average Bonchev–Trinajstić information content (AvgIpc) is 2.36. The SMILES string of the molecule is CC(N)CCNC(=O)C(C)SCc1ccccc1.Cl. The zero-order valence-corrected chi connectivity index (χ0v) is 13.1. The second-order valence-corrected chi connectivity index (χ2v) is 5.82. The van der Waals surface area contributed by atoms with Gasteiger partial charge in [0.25, 0.3) is 0 Å². The zero-order chi connectivity index (χ0) is 13.4. The number of amides is 1. The Bertz CT molecular complexity index is 360. The highest BCUT2D eigenvalue weighted by molar-refractivity contribution is 7.99. The molecule has 0 radical (unpaired) electrons. The van der Waals surface area contributed by atoms with Gasteiger partial charge in [0.1, 0.15) is 0 Å². The van der Waals surface area contributed by atoms with Crippen molar-refractivity contribution >= 4 is 30.1 Å². The molecule has 0 aliphatic rings. The van der Waals surface area contributed by atoms with Crippen molar-refractivity contribution in [3.8, 4) is 0 Å². The van der Waals surface area contributed by atoms with Crippen LogP contribution in [0.25, 0.3) is 0 Å². The Morgan fingerprint density at radius 1 is 1.32 bits per heavy atom. The molecule has 1 aromatic carbocycles. The lowest BCUT2D eigenvalue weighted by molar-refractivity contribution is -0.120. The van der Waals surface area contributed by atoms with Crippen LogP contribution in [-0.2, 0) is 10.5 Å². The van der Waals surface area contributed by atoms with Crippen LogP contribution in [0.4, 0.5) is 0 Å². The fraction of sp³-hybridized carbons (Fsp3) is 0.500. The molecule has 108 valence electrons. The topological polar surface area (TPSA) is 55.1 Å². The van der Waals surface area contributed by atoms with Gasteiger partial charge >= 0.3 is 0 Å². The molecule has 0 saturated heterocycles. The summed E-state index contributed by atoms with van der Waals surface area (Å²) in [6.07, 6.45) is 0.821. The first-order valence-corrected chi connectivity index (χ1v) is 7.33. The van der Waals surface area contributed by atoms with E-state index in [1.54, 1.807) is 11.8 Å². The van der Waals surface area contributed by atoms with E-state index in [4.69, 9.17) is 5.73 Å². The Morgan fingerprint density at radius 2 is 1.95 bits per heavy atom. The number of halogens is 1. The van der Waals surface area contributed by atoms with E-state index in [0.717, 1.165) is 12.2 Å². The molecule has 0 bridgehead atoms. The molecular formula is C14H23ClN2OS. The van der Waals surface area contributed by atoms with Crippen LogP contribution in [0, 0.1) is 0 Å². The minimum Gasteiger partial charge on any atom is -0.355 e. The summed E-state index contributed by atoms with van der Waals surface area (Å²) in [5, 5.41) is 2.88. The summed E-state index contributed by atoms with van der Waals surface area (Å²) in [7, 11) is 0. The van der Waals surface area contributed by atoms with Crippen LogP contribution >= 0.6 is 24.2 Å². The van der Waals surface area contributed by atoms with E-state index >= 15 is 0 Å². The molecule has 0 aliphatic carbocycles. The van der Waals surface area contributed by atoms with E-state index in [9.17, 15) is 4.79 Å². The highest BCUT2D eigenvalue weighted by Crippen LogP contribution is 2.17. The number of hydrogen-bond donors (Lipinski definition) is 2. The van der Waals surface area contributed by atoms with Crippen molar-refractivity contribution in [2.24, 2.45) is 5.73 Å². The number of carbonyl (C=O) groups is 1. The molecule has 3 nitrogen and oxygen atoms in total. The van der Waals surface area contributed by atoms with Gasteiger partial charge in [-0.25, -0.2) is 0 Å². The zero-order valence-electron chi connectivity index (χ0n) is 11.5. The van der Waals surface area contributed by atoms with Crippen molar-refractivity contribution in [3.05, 3.63) is 35.9 Å². The second-order valence-electron chi connectivity index (χ2n) is 4.50. The highest BCUT2D eigenvalue weighted by Gasteiger charge is 2.12. The maximum absolute atomic E-state index is 11.8. The first kappa shape index (κ1) is 18.3. The minimum absolute atomic E-state index is 0. The van der Waals surface area contributed by atoms with Gasteiger partial charge in [0.2, 0.25) is 5.91 Å². The second kappa shape index (κ2) is 10.1. The molecule has 0 saturated carbocycles. The predicted molar refractivity (Wildman–Crippen MR) is 85.7 cm³/mol. The summed E-state index contributed by atoms with van der Waals surface area (Å²) in [6.45, 7) is 4.54. The third-order valence-corrected chi connectivity index (χ3v) is 3.83. The van der Waals surface area contributed by atoms with Crippen LogP contribution in [-0.4, -0.2) is 23.7 Å². The minimum atomic E-state index is -0.0294. The molecule has 1 rings (SSSR count). The molecular weight excluding hydrogens is 280 g/mol. The maximum atomic E-state index is 11.8. The fourth-order valence-corrected chi connectivity index (χ4v) is 2.31. The van der Waals surface area contributed by atoms with Crippen LogP contribution < -0.4 is 11.1 Å². The van der Waals surface area contributed by atoms with E-state index in [1.165, 1.54) is 5.56 Å². The van der Waals surface area contributed by atoms with Crippen molar-refractivity contribution in [1.29, 1.82) is 0 Å². The lowest BCUT2D eigenvalue weighted by atomic mass is 10.2. The maximum Gasteiger partial charge on any atom is 0.232 e. The van der Waals surface area contributed by atoms with Gasteiger partial charge in [0.15, 0.2) is 0 Å². The number of rotatable bonds is 7. The number of carbonyl (C=O) groups excluding carboxylic acids is 1. The Balaban J connectivity index is 0.00000324. The molecule has 0 spiro atoms. The average molecular weight is 303 g/mol. The van der Waals surface area contributed by atoms with Gasteiger partial charge in [0, 0.05) is 18.3 Å². The molecule has 0 aromatic heterocycles. The van der Waals surface area contributed by atoms with E-state index in [-0.39, 0.29) is 29.6 Å². The van der Waals surface area contributed by atoms with E-state index in [2.05, 4.69) is 17.4 Å². The summed E-state index contributed by atoms with van der Waals surface area (Å²) in [5.74, 6) is 0.958. The Hall–Kier alpha value is -0.710. The third kappa shape index (κ3) is 8.14. The van der Waals surface area contributed by atoms with Crippen LogP contribution in [0.2, 0.25) is 0 Å². The number of hydrogen-bond acceptors (Lipinski definition) is 3. The third-order valence-electron chi connectivity index (χ3n) is 2.61. The monoisotopic (exact) mass is 302 g/mol. The lowest BCUT2D eigenvalue weighted by Crippen LogP contribution is -2.34. The van der Waals surface area contributed by atoms with Crippen molar-refractivity contribution in [1.82, 2.24) is 5.32 Å². The van der Waals surface area contributed by atoms with Gasteiger partial charge in [-0.15, -0.1) is 24.2 Å². The van der Waals surface area contributed by atoms with Gasteiger partial charge in [-0.3, -0.25) is 4.79 Å². The molecule has 2 unspecified atom stereocenters. The highest BCUT2D eigenvalue weighted by atomic mass is 35.5. The Labute approximate surface area is 126 Å². The van der Waals surface area contributed by atoms with Crippen molar-refractivity contribution in [2.75, 3.05) is 6.54 Å². The number of thioether (sulfide) groups is 1. The molecule has 1 aromatic rings. The summed E-state index contributed by atoms with van der Waals surface area (Å²) in [4.78, 5) is 11.8. The number of nitrogens with one attached hydrogen (secondary N) is 1. The van der Waals surface area contributed by atoms with E-state index in [1.807, 2.05) is 32.0 Å². The van der Waals surface area contributed by atoms with Crippen molar-refractivity contribution < 1.29 is 4.79 Å². The normalized spacial score (nSPS) is 13.2. The molecule has 5 heteroatoms. The van der Waals surface area contributed by atoms with Crippen LogP contribution in [0.1, 0.15) is 25.8 Å². The fourth-order valence-electron chi connectivity index (χ4n) is 1.44. The predicted octanol–water partition coefficient (Wildman–Crippen LogP) is 2.58. The summed E-state index contributed by atoms with van der Waals surface area (Å²) < 4.78 is 0. The lowest BCUT2D eigenvalue weighted by Gasteiger charge is -2.12. The standard InChI is InChI=1S/C14H22N2OS.ClH/c1-11(15)8-9-16-14(17)12(2)18-10-13-6-4-3-5-7-13;/h3-7,11-12H,8-10,15H2,1-2H3,(H,16,17);1H. The molecule has 0 fully saturated rings. The van der Waals surface area contributed by atoms with E-state index < -0.39 is 0 Å². The Kier molecular flexibility index (Phi) is 9.74. The summed E-state index contributed by atoms with van der Waals surface area (Å²) in [5.41, 5.74) is 6.88. The molecule has 19 heavy (non-hydrogen) atoms. The Morgan fingerprint density at radius 3 is 2.53 bits per heavy atom. The first-order valence-electron chi connectivity index (χ1n) is 6.28. The number of benzene rings is 1. The molecule has 0 aliphatic heterocycles. The largest absolute Gasteiger partial charge is 0.355 e. The smallest absolute Gasteiger partial charge is 0.232 e. The molecule has 0 heterocycles. The molecule has 2 atom stereocenters. The van der Waals surface area contributed by atoms with Gasteiger partial charge < -0.3 is 11.1 Å². The van der Waals surface area contributed by atoms with Gasteiger partial charge in [-0.05, 0) is 25.8 Å². The van der Waals surface area contributed by atoms with E-state index in [0.29, 0.717) is 6.54 Å². The number of nitrogens with two attached hydrogens (primary N) is 1. The van der Waals surface area contributed by atoms with Gasteiger partial charge in [-0.2, -0.15) is 0 Å². The molecule has 1 amide bonds. The van der Waals surface area contributed by atoms with Crippen molar-refractivity contribution in [3.63, 3.8) is 0 Å². The van der Waals surface area contributed by atoms with Crippen LogP contribution in [0.15, 0.2) is 30.3 Å². The first-order chi connectivity index (χ1) is 8.59. The summed E-state index contributed by atoms with van der Waals surface area (Å²) in [6, 6.07) is 10.3.